The van der Waals surface area contributed by atoms with Crippen molar-refractivity contribution in [3.63, 3.8) is 0 Å². The molecule has 2 heterocycles. The Bertz CT molecular complexity index is 602. The van der Waals surface area contributed by atoms with E-state index in [0.29, 0.717) is 12.6 Å². The first-order valence-corrected chi connectivity index (χ1v) is 7.90. The average molecular weight is 302 g/mol. The molecule has 8 nitrogen and oxygen atoms in total. The van der Waals surface area contributed by atoms with Crippen LogP contribution in [-0.2, 0) is 6.54 Å². The van der Waals surface area contributed by atoms with Crippen molar-refractivity contribution in [2.45, 2.75) is 45.7 Å². The molecule has 3 rings (SSSR count). The van der Waals surface area contributed by atoms with Crippen LogP contribution < -0.4 is 10.2 Å². The van der Waals surface area contributed by atoms with Gasteiger partial charge in [0.2, 0.25) is 5.95 Å². The summed E-state index contributed by atoms with van der Waals surface area (Å²) in [6, 6.07) is 2.33. The van der Waals surface area contributed by atoms with Crippen molar-refractivity contribution in [1.82, 2.24) is 30.2 Å². The Morgan fingerprint density at radius 3 is 2.82 bits per heavy atom. The molecule has 0 radical (unpaired) electrons. The van der Waals surface area contributed by atoms with Gasteiger partial charge < -0.3 is 10.2 Å². The molecule has 1 N–H and O–H groups in total. The number of anilines is 2. The van der Waals surface area contributed by atoms with E-state index < -0.39 is 0 Å². The molecule has 2 aromatic rings. The minimum atomic E-state index is 0.462. The molecule has 0 aliphatic heterocycles. The Morgan fingerprint density at radius 1 is 1.32 bits per heavy atom. The van der Waals surface area contributed by atoms with Crippen LogP contribution in [-0.4, -0.2) is 43.3 Å². The zero-order chi connectivity index (χ0) is 15.4. The third-order valence-electron chi connectivity index (χ3n) is 4.10. The molecule has 118 valence electrons. The number of hydrogen-bond donors (Lipinski definition) is 1. The van der Waals surface area contributed by atoms with E-state index >= 15 is 0 Å². The molecule has 0 aromatic carbocycles. The molecule has 1 fully saturated rings. The van der Waals surface area contributed by atoms with Crippen molar-refractivity contribution in [1.29, 1.82) is 0 Å². The highest BCUT2D eigenvalue weighted by Gasteiger charge is 2.23. The van der Waals surface area contributed by atoms with Crippen molar-refractivity contribution >= 4 is 11.8 Å². The van der Waals surface area contributed by atoms with Gasteiger partial charge in [-0.3, -0.25) is 0 Å². The third kappa shape index (κ3) is 3.00. The van der Waals surface area contributed by atoms with Crippen LogP contribution in [0, 0.1) is 0 Å². The highest BCUT2D eigenvalue weighted by atomic mass is 15.6. The van der Waals surface area contributed by atoms with Gasteiger partial charge in [0.05, 0.1) is 12.6 Å². The fourth-order valence-electron chi connectivity index (χ4n) is 2.52. The Labute approximate surface area is 129 Å². The quantitative estimate of drug-likeness (QED) is 0.832. The topological polar surface area (TPSA) is 84.7 Å². The first kappa shape index (κ1) is 14.7. The molecule has 2 aromatic heterocycles. The Morgan fingerprint density at radius 2 is 2.14 bits per heavy atom. The molecule has 1 aliphatic carbocycles. The molecule has 0 spiro atoms. The minimum Gasteiger partial charge on any atom is -0.363 e. The molecule has 0 saturated heterocycles. The van der Waals surface area contributed by atoms with Crippen LogP contribution >= 0.6 is 0 Å². The summed E-state index contributed by atoms with van der Waals surface area (Å²) in [4.78, 5) is 11.0. The zero-order valence-corrected chi connectivity index (χ0v) is 13.1. The molecule has 22 heavy (non-hydrogen) atoms. The predicted molar refractivity (Wildman–Crippen MR) is 83.6 cm³/mol. The standard InChI is InChI=1S/C14H22N8/c1-3-21(4-2)14-15-9-8-12(17-14)16-10-13-18-19-20-22(13)11-6-5-7-11/h8-9,11H,3-7,10H2,1-2H3,(H,15,16,17). The van der Waals surface area contributed by atoms with Crippen LogP contribution in [0.25, 0.3) is 0 Å². The van der Waals surface area contributed by atoms with Crippen molar-refractivity contribution in [3.05, 3.63) is 18.1 Å². The van der Waals surface area contributed by atoms with Crippen LogP contribution in [0.5, 0.6) is 0 Å². The highest BCUT2D eigenvalue weighted by molar-refractivity contribution is 5.41. The first-order chi connectivity index (χ1) is 10.8. The molecular weight excluding hydrogens is 280 g/mol. The lowest BCUT2D eigenvalue weighted by Gasteiger charge is -2.25. The molecule has 8 heteroatoms. The normalized spacial score (nSPS) is 14.6. The van der Waals surface area contributed by atoms with Crippen molar-refractivity contribution < 1.29 is 0 Å². The van der Waals surface area contributed by atoms with E-state index in [2.05, 4.69) is 49.6 Å². The Hall–Kier alpha value is -2.25. The summed E-state index contributed by atoms with van der Waals surface area (Å²) in [5, 5.41) is 15.3. The maximum Gasteiger partial charge on any atom is 0.227 e. The van der Waals surface area contributed by atoms with E-state index in [9.17, 15) is 0 Å². The molecule has 0 unspecified atom stereocenters. The van der Waals surface area contributed by atoms with Crippen molar-refractivity contribution in [2.75, 3.05) is 23.3 Å². The molecule has 1 saturated carbocycles. The van der Waals surface area contributed by atoms with Gasteiger partial charge in [0.15, 0.2) is 5.82 Å². The Balaban J connectivity index is 1.66. The van der Waals surface area contributed by atoms with E-state index in [1.165, 1.54) is 6.42 Å². The summed E-state index contributed by atoms with van der Waals surface area (Å²) in [6.07, 6.45) is 5.36. The Kier molecular flexibility index (Phi) is 4.45. The van der Waals surface area contributed by atoms with Gasteiger partial charge >= 0.3 is 0 Å². The van der Waals surface area contributed by atoms with E-state index in [-0.39, 0.29) is 0 Å². The van der Waals surface area contributed by atoms with Crippen molar-refractivity contribution in [2.24, 2.45) is 0 Å². The van der Waals surface area contributed by atoms with E-state index in [1.54, 1.807) is 6.20 Å². The second-order valence-electron chi connectivity index (χ2n) is 5.39. The highest BCUT2D eigenvalue weighted by Crippen LogP contribution is 2.31. The summed E-state index contributed by atoms with van der Waals surface area (Å²) in [5.41, 5.74) is 0. The van der Waals surface area contributed by atoms with Gasteiger partial charge in [-0.05, 0) is 49.6 Å². The predicted octanol–water partition coefficient (Wildman–Crippen LogP) is 1.65. The van der Waals surface area contributed by atoms with Crippen LogP contribution in [0.2, 0.25) is 0 Å². The van der Waals surface area contributed by atoms with Gasteiger partial charge in [0.25, 0.3) is 0 Å². The van der Waals surface area contributed by atoms with Gasteiger partial charge in [0.1, 0.15) is 5.82 Å². The van der Waals surface area contributed by atoms with Crippen LogP contribution in [0.15, 0.2) is 12.3 Å². The third-order valence-corrected chi connectivity index (χ3v) is 4.10. The van der Waals surface area contributed by atoms with Gasteiger partial charge in [-0.1, -0.05) is 0 Å². The monoisotopic (exact) mass is 302 g/mol. The summed E-state index contributed by atoms with van der Waals surface area (Å²) in [6.45, 7) is 6.54. The summed E-state index contributed by atoms with van der Waals surface area (Å²) in [7, 11) is 0. The van der Waals surface area contributed by atoms with Crippen LogP contribution in [0.4, 0.5) is 11.8 Å². The SMILES string of the molecule is CCN(CC)c1nccc(NCc2nnnn2C2CCC2)n1. The fourth-order valence-corrected chi connectivity index (χ4v) is 2.52. The molecule has 0 amide bonds. The number of aromatic nitrogens is 6. The number of nitrogens with one attached hydrogen (secondary N) is 1. The molecule has 0 atom stereocenters. The lowest BCUT2D eigenvalue weighted by Crippen LogP contribution is -2.24. The largest absolute Gasteiger partial charge is 0.363 e. The van der Waals surface area contributed by atoms with Crippen LogP contribution in [0.3, 0.4) is 0 Å². The number of nitrogens with zero attached hydrogens (tertiary/aromatic N) is 7. The number of tetrazole rings is 1. The fraction of sp³-hybridized carbons (Fsp3) is 0.643. The van der Waals surface area contributed by atoms with Gasteiger partial charge in [-0.2, -0.15) is 4.98 Å². The second kappa shape index (κ2) is 6.67. The lowest BCUT2D eigenvalue weighted by molar-refractivity contribution is 0.278. The summed E-state index contributed by atoms with van der Waals surface area (Å²) < 4.78 is 1.93. The van der Waals surface area contributed by atoms with Crippen molar-refractivity contribution in [3.8, 4) is 0 Å². The van der Waals surface area contributed by atoms with E-state index in [4.69, 9.17) is 0 Å². The second-order valence-corrected chi connectivity index (χ2v) is 5.39. The summed E-state index contributed by atoms with van der Waals surface area (Å²) in [5.74, 6) is 2.39. The van der Waals surface area contributed by atoms with Gasteiger partial charge in [0, 0.05) is 19.3 Å². The maximum absolute atomic E-state index is 4.55. The number of hydrogen-bond acceptors (Lipinski definition) is 7. The van der Waals surface area contributed by atoms with E-state index in [1.807, 2.05) is 10.7 Å². The maximum atomic E-state index is 4.55. The molecular formula is C14H22N8. The smallest absolute Gasteiger partial charge is 0.227 e. The van der Waals surface area contributed by atoms with Crippen LogP contribution in [0.1, 0.15) is 45.0 Å². The lowest BCUT2D eigenvalue weighted by atomic mass is 9.93. The summed E-state index contributed by atoms with van der Waals surface area (Å²) >= 11 is 0. The van der Waals surface area contributed by atoms with Gasteiger partial charge in [-0.15, -0.1) is 5.10 Å². The molecule has 0 bridgehead atoms. The first-order valence-electron chi connectivity index (χ1n) is 7.90. The average Bonchev–Trinajstić information content (AvgIpc) is 2.93. The molecule has 1 aliphatic rings. The van der Waals surface area contributed by atoms with E-state index in [0.717, 1.165) is 43.5 Å². The van der Waals surface area contributed by atoms with Gasteiger partial charge in [-0.25, -0.2) is 9.67 Å². The zero-order valence-electron chi connectivity index (χ0n) is 13.1. The number of rotatable bonds is 7. The minimum absolute atomic E-state index is 0.462.